The molecular formula is C7H10O. The van der Waals surface area contributed by atoms with Crippen LogP contribution in [0.15, 0.2) is 24.0 Å². The zero-order valence-electron chi connectivity index (χ0n) is 4.80. The maximum Gasteiger partial charge on any atom is 0.0786 e. The van der Waals surface area contributed by atoms with Crippen molar-refractivity contribution in [2.75, 3.05) is 0 Å². The molecule has 0 heterocycles. The second kappa shape index (κ2) is 2.55. The summed E-state index contributed by atoms with van der Waals surface area (Å²) in [6.07, 6.45) is 8.53. The molecule has 44 valence electrons. The van der Waals surface area contributed by atoms with Crippen molar-refractivity contribution in [3.63, 3.8) is 0 Å². The molecule has 1 heteroatoms. The first kappa shape index (κ1) is 5.42. The van der Waals surface area contributed by atoms with Gasteiger partial charge in [-0.3, -0.25) is 0 Å². The van der Waals surface area contributed by atoms with Gasteiger partial charge in [0.05, 0.1) is 6.26 Å². The largest absolute Gasteiger partial charge is 0.516 e. The first-order valence-electron chi connectivity index (χ1n) is 2.90. The zero-order chi connectivity index (χ0) is 5.82. The Morgan fingerprint density at radius 3 is 2.75 bits per heavy atom. The Labute approximate surface area is 49.3 Å². The van der Waals surface area contributed by atoms with Gasteiger partial charge in [-0.15, -0.1) is 0 Å². The highest BCUT2D eigenvalue weighted by Crippen LogP contribution is 2.15. The molecule has 0 aliphatic heterocycles. The van der Waals surface area contributed by atoms with E-state index >= 15 is 0 Å². The van der Waals surface area contributed by atoms with Crippen LogP contribution in [0.2, 0.25) is 0 Å². The molecule has 1 aliphatic carbocycles. The highest BCUT2D eigenvalue weighted by Gasteiger charge is 1.97. The van der Waals surface area contributed by atoms with Crippen molar-refractivity contribution in [2.45, 2.75) is 19.3 Å². The van der Waals surface area contributed by atoms with Gasteiger partial charge < -0.3 is 5.11 Å². The van der Waals surface area contributed by atoms with E-state index in [2.05, 4.69) is 12.2 Å². The smallest absolute Gasteiger partial charge is 0.0786 e. The lowest BCUT2D eigenvalue weighted by Crippen LogP contribution is -1.86. The van der Waals surface area contributed by atoms with Crippen molar-refractivity contribution in [1.82, 2.24) is 0 Å². The average Bonchev–Trinajstić information content (AvgIpc) is 1.90. The van der Waals surface area contributed by atoms with Crippen molar-refractivity contribution in [3.8, 4) is 0 Å². The lowest BCUT2D eigenvalue weighted by Gasteiger charge is -2.04. The second-order valence-electron chi connectivity index (χ2n) is 2.00. The third-order valence-corrected chi connectivity index (χ3v) is 1.36. The van der Waals surface area contributed by atoms with Crippen molar-refractivity contribution >= 4 is 0 Å². The molecule has 0 spiro atoms. The molecule has 0 radical (unpaired) electrons. The van der Waals surface area contributed by atoms with Crippen molar-refractivity contribution in [3.05, 3.63) is 24.0 Å². The molecule has 0 amide bonds. The van der Waals surface area contributed by atoms with Gasteiger partial charge >= 0.3 is 0 Å². The quantitative estimate of drug-likeness (QED) is 0.374. The fourth-order valence-corrected chi connectivity index (χ4v) is 0.841. The minimum Gasteiger partial charge on any atom is -0.516 e. The average molecular weight is 110 g/mol. The van der Waals surface area contributed by atoms with Crippen LogP contribution in [0.5, 0.6) is 0 Å². The minimum absolute atomic E-state index is 0.941. The van der Waals surface area contributed by atoms with Crippen molar-refractivity contribution in [2.24, 2.45) is 0 Å². The summed E-state index contributed by atoms with van der Waals surface area (Å²) < 4.78 is 0. The van der Waals surface area contributed by atoms with Gasteiger partial charge in [-0.1, -0.05) is 12.2 Å². The SMILES string of the molecule is O/C=C1\CC=CCC1. The van der Waals surface area contributed by atoms with Crippen LogP contribution in [-0.4, -0.2) is 5.11 Å². The van der Waals surface area contributed by atoms with Crippen LogP contribution >= 0.6 is 0 Å². The number of hydrogen-bond acceptors (Lipinski definition) is 1. The number of rotatable bonds is 0. The van der Waals surface area contributed by atoms with Gasteiger partial charge in [-0.2, -0.15) is 0 Å². The van der Waals surface area contributed by atoms with E-state index in [-0.39, 0.29) is 0 Å². The van der Waals surface area contributed by atoms with E-state index in [1.807, 2.05) is 0 Å². The first-order valence-corrected chi connectivity index (χ1v) is 2.90. The van der Waals surface area contributed by atoms with Gasteiger partial charge in [0, 0.05) is 0 Å². The molecule has 1 aliphatic rings. The predicted molar refractivity (Wildman–Crippen MR) is 33.7 cm³/mol. The van der Waals surface area contributed by atoms with E-state index in [0.717, 1.165) is 24.8 Å². The Kier molecular flexibility index (Phi) is 1.73. The minimum atomic E-state index is 0.941. The fraction of sp³-hybridized carbons (Fsp3) is 0.429. The van der Waals surface area contributed by atoms with Gasteiger partial charge in [0.1, 0.15) is 0 Å². The standard InChI is InChI=1S/C7H10O/c8-6-7-4-2-1-3-5-7/h1-2,6,8H,3-5H2/b7-6+. The van der Waals surface area contributed by atoms with E-state index in [1.54, 1.807) is 0 Å². The molecular weight excluding hydrogens is 100 g/mol. The third kappa shape index (κ3) is 1.12. The monoisotopic (exact) mass is 110 g/mol. The molecule has 0 bridgehead atoms. The summed E-state index contributed by atoms with van der Waals surface area (Å²) in [6.45, 7) is 0. The van der Waals surface area contributed by atoms with Gasteiger partial charge in [-0.05, 0) is 24.8 Å². The van der Waals surface area contributed by atoms with E-state index in [0.29, 0.717) is 0 Å². The second-order valence-corrected chi connectivity index (χ2v) is 2.00. The number of aliphatic hydroxyl groups excluding tert-OH is 1. The summed E-state index contributed by atoms with van der Waals surface area (Å²) in [5.41, 5.74) is 1.15. The normalized spacial score (nSPS) is 24.2. The summed E-state index contributed by atoms with van der Waals surface area (Å²) >= 11 is 0. The summed E-state index contributed by atoms with van der Waals surface area (Å²) in [4.78, 5) is 0. The Bertz CT molecular complexity index is 122. The van der Waals surface area contributed by atoms with E-state index in [1.165, 1.54) is 6.26 Å². The van der Waals surface area contributed by atoms with Crippen LogP contribution in [0.25, 0.3) is 0 Å². The Hall–Kier alpha value is -0.720. The van der Waals surface area contributed by atoms with Crippen LogP contribution < -0.4 is 0 Å². The van der Waals surface area contributed by atoms with Gasteiger partial charge in [0.15, 0.2) is 0 Å². The van der Waals surface area contributed by atoms with E-state index in [9.17, 15) is 0 Å². The maximum atomic E-state index is 8.50. The molecule has 0 aromatic rings. The molecule has 0 saturated carbocycles. The summed E-state index contributed by atoms with van der Waals surface area (Å²) in [6, 6.07) is 0. The molecule has 0 saturated heterocycles. The summed E-state index contributed by atoms with van der Waals surface area (Å²) in [5, 5.41) is 8.50. The van der Waals surface area contributed by atoms with Crippen LogP contribution in [-0.2, 0) is 0 Å². The molecule has 0 fully saturated rings. The summed E-state index contributed by atoms with van der Waals surface area (Å²) in [7, 11) is 0. The van der Waals surface area contributed by atoms with Gasteiger partial charge in [0.2, 0.25) is 0 Å². The molecule has 0 unspecified atom stereocenters. The molecule has 8 heavy (non-hydrogen) atoms. The highest BCUT2D eigenvalue weighted by atomic mass is 16.2. The molecule has 1 rings (SSSR count). The molecule has 1 nitrogen and oxygen atoms in total. The Balaban J connectivity index is 2.50. The van der Waals surface area contributed by atoms with E-state index < -0.39 is 0 Å². The number of aliphatic hydroxyl groups is 1. The van der Waals surface area contributed by atoms with Gasteiger partial charge in [0.25, 0.3) is 0 Å². The lowest BCUT2D eigenvalue weighted by molar-refractivity contribution is 0.462. The van der Waals surface area contributed by atoms with Crippen LogP contribution in [0.3, 0.4) is 0 Å². The van der Waals surface area contributed by atoms with Crippen LogP contribution in [0.1, 0.15) is 19.3 Å². The Morgan fingerprint density at radius 1 is 1.50 bits per heavy atom. The molecule has 0 aromatic heterocycles. The summed E-state index contributed by atoms with van der Waals surface area (Å²) in [5.74, 6) is 0. The van der Waals surface area contributed by atoms with Crippen LogP contribution in [0.4, 0.5) is 0 Å². The molecule has 0 aromatic carbocycles. The Morgan fingerprint density at radius 2 is 2.38 bits per heavy atom. The molecule has 0 atom stereocenters. The van der Waals surface area contributed by atoms with E-state index in [4.69, 9.17) is 5.11 Å². The molecule has 1 N–H and O–H groups in total. The maximum absolute atomic E-state index is 8.50. The predicted octanol–water partition coefficient (Wildman–Crippen LogP) is 2.17. The fourth-order valence-electron chi connectivity index (χ4n) is 0.841. The first-order chi connectivity index (χ1) is 3.93. The third-order valence-electron chi connectivity index (χ3n) is 1.36. The number of allylic oxidation sites excluding steroid dienone is 3. The zero-order valence-corrected chi connectivity index (χ0v) is 4.80. The lowest BCUT2D eigenvalue weighted by atomic mass is 10.0. The highest BCUT2D eigenvalue weighted by molar-refractivity contribution is 5.09. The van der Waals surface area contributed by atoms with Crippen LogP contribution in [0, 0.1) is 0 Å². The van der Waals surface area contributed by atoms with Gasteiger partial charge in [-0.25, -0.2) is 0 Å². The van der Waals surface area contributed by atoms with Crippen molar-refractivity contribution < 1.29 is 5.11 Å². The van der Waals surface area contributed by atoms with Crippen molar-refractivity contribution in [1.29, 1.82) is 0 Å². The topological polar surface area (TPSA) is 20.2 Å². The number of hydrogen-bond donors (Lipinski definition) is 1.